The molecule has 0 spiro atoms. The Morgan fingerprint density at radius 2 is 1.88 bits per heavy atom. The molecule has 0 saturated carbocycles. The fraction of sp³-hybridized carbons (Fsp3) is 0.227. The molecule has 0 amide bonds. The molecule has 32 heavy (non-hydrogen) atoms. The van der Waals surface area contributed by atoms with E-state index in [-0.39, 0.29) is 18.8 Å². The molecule has 3 aromatic rings. The van der Waals surface area contributed by atoms with Crippen LogP contribution in [0.25, 0.3) is 12.2 Å². The van der Waals surface area contributed by atoms with Crippen LogP contribution in [0.5, 0.6) is 5.75 Å². The smallest absolute Gasteiger partial charge is 0.416 e. The van der Waals surface area contributed by atoms with Crippen molar-refractivity contribution in [2.45, 2.75) is 24.9 Å². The standard InChI is InChI=1S/C22H19F3N2O4S/c1-14-19(15(2)31-26-14)8-6-16-7-9-21-20(12-16)27(10-11-30-21)32(28,29)18-5-3-4-17(13-18)22(23,24)25/h3-9,12-13H,10-11H2,1-2H3/b8-6+. The molecule has 1 aromatic heterocycles. The third kappa shape index (κ3) is 4.10. The van der Waals surface area contributed by atoms with E-state index in [1.165, 1.54) is 0 Å². The van der Waals surface area contributed by atoms with Crippen LogP contribution in [-0.4, -0.2) is 26.7 Å². The van der Waals surface area contributed by atoms with E-state index in [1.807, 2.05) is 0 Å². The lowest BCUT2D eigenvalue weighted by Gasteiger charge is -2.31. The number of rotatable bonds is 4. The lowest BCUT2D eigenvalue weighted by atomic mass is 10.1. The van der Waals surface area contributed by atoms with E-state index in [0.717, 1.165) is 28.1 Å². The summed E-state index contributed by atoms with van der Waals surface area (Å²) in [4.78, 5) is -0.433. The predicted molar refractivity (Wildman–Crippen MR) is 113 cm³/mol. The monoisotopic (exact) mass is 464 g/mol. The van der Waals surface area contributed by atoms with E-state index in [4.69, 9.17) is 9.26 Å². The van der Waals surface area contributed by atoms with Crippen LogP contribution in [-0.2, 0) is 16.2 Å². The molecule has 1 aliphatic rings. The molecule has 1 aliphatic heterocycles. The summed E-state index contributed by atoms with van der Waals surface area (Å²) < 4.78 is 77.6. The first-order chi connectivity index (χ1) is 15.1. The quantitative estimate of drug-likeness (QED) is 0.539. The van der Waals surface area contributed by atoms with Crippen molar-refractivity contribution in [2.24, 2.45) is 0 Å². The van der Waals surface area contributed by atoms with Crippen LogP contribution < -0.4 is 9.04 Å². The fourth-order valence-electron chi connectivity index (χ4n) is 3.43. The highest BCUT2D eigenvalue weighted by Crippen LogP contribution is 2.38. The molecule has 6 nitrogen and oxygen atoms in total. The first-order valence-corrected chi connectivity index (χ1v) is 11.1. The summed E-state index contributed by atoms with van der Waals surface area (Å²) >= 11 is 0. The third-order valence-electron chi connectivity index (χ3n) is 5.08. The molecule has 10 heteroatoms. The molecule has 168 valence electrons. The van der Waals surface area contributed by atoms with E-state index in [9.17, 15) is 21.6 Å². The maximum Gasteiger partial charge on any atom is 0.416 e. The molecule has 2 heterocycles. The number of alkyl halides is 3. The maximum atomic E-state index is 13.2. The molecule has 0 unspecified atom stereocenters. The number of fused-ring (bicyclic) bond motifs is 1. The number of nitrogens with zero attached hydrogens (tertiary/aromatic N) is 2. The number of hydrogen-bond acceptors (Lipinski definition) is 5. The molecule has 4 rings (SSSR count). The minimum absolute atomic E-state index is 0.0252. The second-order valence-electron chi connectivity index (χ2n) is 7.25. The highest BCUT2D eigenvalue weighted by atomic mass is 32.2. The van der Waals surface area contributed by atoms with Crippen molar-refractivity contribution in [1.29, 1.82) is 0 Å². The average molecular weight is 464 g/mol. The van der Waals surface area contributed by atoms with Crippen molar-refractivity contribution < 1.29 is 30.8 Å². The number of aromatic nitrogens is 1. The Hall–Kier alpha value is -3.27. The Labute approximate surface area is 183 Å². The van der Waals surface area contributed by atoms with Gasteiger partial charge >= 0.3 is 6.18 Å². The number of ether oxygens (including phenoxy) is 1. The van der Waals surface area contributed by atoms with Gasteiger partial charge in [-0.2, -0.15) is 13.2 Å². The molecule has 0 atom stereocenters. The Kier molecular flexibility index (Phi) is 5.49. The van der Waals surface area contributed by atoms with Gasteiger partial charge in [-0.1, -0.05) is 23.4 Å². The summed E-state index contributed by atoms with van der Waals surface area (Å²) in [6.45, 7) is 3.64. The van der Waals surface area contributed by atoms with Crippen LogP contribution in [0.1, 0.15) is 28.1 Å². The van der Waals surface area contributed by atoms with E-state index < -0.39 is 26.7 Å². The van der Waals surface area contributed by atoms with E-state index in [1.54, 1.807) is 44.2 Å². The number of sulfonamides is 1. The molecule has 0 N–H and O–H groups in total. The van der Waals surface area contributed by atoms with Gasteiger partial charge in [-0.15, -0.1) is 0 Å². The number of anilines is 1. The number of hydrogen-bond donors (Lipinski definition) is 0. The van der Waals surface area contributed by atoms with Gasteiger partial charge in [-0.3, -0.25) is 4.31 Å². The predicted octanol–water partition coefficient (Wildman–Crippen LogP) is 5.07. The highest BCUT2D eigenvalue weighted by molar-refractivity contribution is 7.92. The topological polar surface area (TPSA) is 72.6 Å². The number of benzene rings is 2. The van der Waals surface area contributed by atoms with E-state index >= 15 is 0 Å². The van der Waals surface area contributed by atoms with E-state index in [0.29, 0.717) is 28.8 Å². The van der Waals surface area contributed by atoms with Gasteiger partial charge in [0, 0.05) is 5.56 Å². The van der Waals surface area contributed by atoms with Gasteiger partial charge in [-0.05, 0) is 55.8 Å². The van der Waals surface area contributed by atoms with Crippen molar-refractivity contribution in [2.75, 3.05) is 17.5 Å². The fourth-order valence-corrected chi connectivity index (χ4v) is 4.93. The van der Waals surface area contributed by atoms with Gasteiger partial charge in [0.05, 0.1) is 28.4 Å². The average Bonchev–Trinajstić information content (AvgIpc) is 3.08. The second kappa shape index (κ2) is 8.01. The normalized spacial score (nSPS) is 14.5. The van der Waals surface area contributed by atoms with Crippen molar-refractivity contribution >= 4 is 27.9 Å². The molecule has 0 bridgehead atoms. The van der Waals surface area contributed by atoms with Crippen molar-refractivity contribution in [3.8, 4) is 5.75 Å². The molecular formula is C22H19F3N2O4S. The Morgan fingerprint density at radius 3 is 2.56 bits per heavy atom. The number of halogens is 3. The zero-order valence-corrected chi connectivity index (χ0v) is 18.0. The largest absolute Gasteiger partial charge is 0.489 e. The van der Waals surface area contributed by atoms with Crippen LogP contribution in [0.4, 0.5) is 18.9 Å². The van der Waals surface area contributed by atoms with Crippen molar-refractivity contribution in [3.05, 3.63) is 70.6 Å². The van der Waals surface area contributed by atoms with Gasteiger partial charge in [-0.25, -0.2) is 8.42 Å². The van der Waals surface area contributed by atoms with Crippen LogP contribution in [0.15, 0.2) is 51.9 Å². The van der Waals surface area contributed by atoms with Crippen molar-refractivity contribution in [1.82, 2.24) is 5.16 Å². The van der Waals surface area contributed by atoms with Crippen LogP contribution in [0.2, 0.25) is 0 Å². The van der Waals surface area contributed by atoms with Gasteiger partial charge in [0.25, 0.3) is 10.0 Å². The summed E-state index contributed by atoms with van der Waals surface area (Å²) in [5, 5.41) is 3.89. The molecular weight excluding hydrogens is 445 g/mol. The second-order valence-corrected chi connectivity index (χ2v) is 9.11. The highest BCUT2D eigenvalue weighted by Gasteiger charge is 2.34. The zero-order valence-electron chi connectivity index (χ0n) is 17.2. The summed E-state index contributed by atoms with van der Waals surface area (Å²) in [6.07, 6.45) is -1.07. The SMILES string of the molecule is Cc1noc(C)c1/C=C/c1ccc2c(c1)N(S(=O)(=O)c1cccc(C(F)(F)F)c1)CCO2. The van der Waals surface area contributed by atoms with Crippen LogP contribution in [0, 0.1) is 13.8 Å². The molecule has 0 radical (unpaired) electrons. The Balaban J connectivity index is 1.72. The van der Waals surface area contributed by atoms with Crippen LogP contribution >= 0.6 is 0 Å². The lowest BCUT2D eigenvalue weighted by Crippen LogP contribution is -2.38. The third-order valence-corrected chi connectivity index (χ3v) is 6.89. The number of aryl methyl sites for hydroxylation is 2. The molecule has 0 saturated heterocycles. The van der Waals surface area contributed by atoms with Gasteiger partial charge in [0.1, 0.15) is 18.1 Å². The summed E-state index contributed by atoms with van der Waals surface area (Å²) in [7, 11) is -4.24. The molecule has 0 fully saturated rings. The maximum absolute atomic E-state index is 13.2. The van der Waals surface area contributed by atoms with Gasteiger partial charge in [0.15, 0.2) is 0 Å². The van der Waals surface area contributed by atoms with E-state index in [2.05, 4.69) is 5.16 Å². The minimum Gasteiger partial charge on any atom is -0.489 e. The summed E-state index contributed by atoms with van der Waals surface area (Å²) in [5.41, 5.74) is 1.44. The lowest BCUT2D eigenvalue weighted by molar-refractivity contribution is -0.137. The van der Waals surface area contributed by atoms with Crippen molar-refractivity contribution in [3.63, 3.8) is 0 Å². The Morgan fingerprint density at radius 1 is 1.09 bits per heavy atom. The molecule has 2 aromatic carbocycles. The molecule has 0 aliphatic carbocycles. The minimum atomic E-state index is -4.65. The first-order valence-electron chi connectivity index (χ1n) is 9.65. The van der Waals surface area contributed by atoms with Crippen LogP contribution in [0.3, 0.4) is 0 Å². The van der Waals surface area contributed by atoms with Gasteiger partial charge < -0.3 is 9.26 Å². The first kappa shape index (κ1) is 21.9. The zero-order chi connectivity index (χ0) is 23.1. The Bertz CT molecular complexity index is 1280. The summed E-state index contributed by atoms with van der Waals surface area (Å²) in [5.74, 6) is 0.982. The summed E-state index contributed by atoms with van der Waals surface area (Å²) in [6, 6.07) is 8.73. The van der Waals surface area contributed by atoms with Gasteiger partial charge in [0.2, 0.25) is 0 Å².